The number of hydrogen-bond donors (Lipinski definition) is 1. The summed E-state index contributed by atoms with van der Waals surface area (Å²) in [7, 11) is 0. The van der Waals surface area contributed by atoms with Gasteiger partial charge >= 0.3 is 6.09 Å². The first-order valence-corrected chi connectivity index (χ1v) is 6.81. The van der Waals surface area contributed by atoms with Gasteiger partial charge in [0.2, 0.25) is 0 Å². The van der Waals surface area contributed by atoms with Crippen molar-refractivity contribution in [2.45, 2.75) is 45.8 Å². The Bertz CT molecular complexity index is 524. The zero-order valence-electron chi connectivity index (χ0n) is 13.1. The molecule has 1 amide bonds. The molecule has 0 aromatic heterocycles. The van der Waals surface area contributed by atoms with Gasteiger partial charge in [0.25, 0.3) is 0 Å². The highest BCUT2D eigenvalue weighted by Crippen LogP contribution is 2.30. The Morgan fingerprint density at radius 2 is 1.86 bits per heavy atom. The van der Waals surface area contributed by atoms with Crippen LogP contribution in [0, 0.1) is 11.7 Å². The quantitative estimate of drug-likeness (QED) is 0.866. The molecule has 1 N–H and O–H groups in total. The Labute approximate surface area is 124 Å². The zero-order valence-corrected chi connectivity index (χ0v) is 13.1. The molecule has 0 aliphatic rings. The highest BCUT2D eigenvalue weighted by atomic mass is 19.1. The highest BCUT2D eigenvalue weighted by Gasteiger charge is 2.38. The van der Waals surface area contributed by atoms with Gasteiger partial charge in [-0.1, -0.05) is 25.1 Å². The number of nitrogens with one attached hydrogen (secondary N) is 1. The number of alkyl carbamates (subject to hydrolysis) is 1. The van der Waals surface area contributed by atoms with Crippen LogP contribution in [0.25, 0.3) is 0 Å². The average Bonchev–Trinajstić information content (AvgIpc) is 2.35. The van der Waals surface area contributed by atoms with E-state index in [1.54, 1.807) is 52.8 Å². The smallest absolute Gasteiger partial charge is 0.408 e. The Kier molecular flexibility index (Phi) is 5.10. The molecular weight excluding hydrogens is 273 g/mol. The van der Waals surface area contributed by atoms with Gasteiger partial charge in [0.05, 0.1) is 5.54 Å². The molecule has 1 rings (SSSR count). The molecule has 0 unspecified atom stereocenters. The lowest BCUT2D eigenvalue weighted by Crippen LogP contribution is -2.50. The molecule has 0 heterocycles. The van der Waals surface area contributed by atoms with E-state index < -0.39 is 29.0 Å². The van der Waals surface area contributed by atoms with Crippen molar-refractivity contribution in [3.05, 3.63) is 35.6 Å². The minimum absolute atomic E-state index is 0.246. The first-order chi connectivity index (χ1) is 9.60. The van der Waals surface area contributed by atoms with E-state index in [0.717, 1.165) is 0 Å². The Morgan fingerprint density at radius 1 is 1.29 bits per heavy atom. The second kappa shape index (κ2) is 6.24. The van der Waals surface area contributed by atoms with Gasteiger partial charge < -0.3 is 14.8 Å². The van der Waals surface area contributed by atoms with Crippen LogP contribution in [-0.2, 0) is 15.1 Å². The van der Waals surface area contributed by atoms with Gasteiger partial charge in [0.15, 0.2) is 0 Å². The lowest BCUT2D eigenvalue weighted by atomic mass is 9.81. The van der Waals surface area contributed by atoms with Crippen molar-refractivity contribution < 1.29 is 18.7 Å². The summed E-state index contributed by atoms with van der Waals surface area (Å²) in [5.74, 6) is -1.10. The number of hydrogen-bond acceptors (Lipinski definition) is 3. The summed E-state index contributed by atoms with van der Waals surface area (Å²) < 4.78 is 19.3. The van der Waals surface area contributed by atoms with E-state index >= 15 is 0 Å². The molecule has 0 radical (unpaired) electrons. The third-order valence-electron chi connectivity index (χ3n) is 3.31. The Balaban J connectivity index is 3.14. The van der Waals surface area contributed by atoms with E-state index in [2.05, 4.69) is 5.32 Å². The molecule has 0 saturated heterocycles. The number of rotatable bonds is 4. The van der Waals surface area contributed by atoms with Crippen LogP contribution in [-0.4, -0.2) is 18.0 Å². The van der Waals surface area contributed by atoms with Crippen LogP contribution in [0.1, 0.15) is 40.2 Å². The van der Waals surface area contributed by atoms with E-state index in [4.69, 9.17) is 4.74 Å². The van der Waals surface area contributed by atoms with Crippen LogP contribution in [0.5, 0.6) is 0 Å². The number of amides is 1. The van der Waals surface area contributed by atoms with Gasteiger partial charge in [-0.3, -0.25) is 0 Å². The molecule has 0 saturated carbocycles. The maximum atomic E-state index is 14.1. The number of halogens is 1. The number of aldehydes is 1. The summed E-state index contributed by atoms with van der Waals surface area (Å²) in [6.45, 7) is 8.42. The highest BCUT2D eigenvalue weighted by molar-refractivity contribution is 5.71. The molecule has 2 atom stereocenters. The Hall–Kier alpha value is -1.91. The predicted octanol–water partition coefficient (Wildman–Crippen LogP) is 3.40. The molecule has 0 aliphatic carbocycles. The molecule has 116 valence electrons. The summed E-state index contributed by atoms with van der Waals surface area (Å²) in [5, 5.41) is 2.63. The maximum Gasteiger partial charge on any atom is 0.408 e. The van der Waals surface area contributed by atoms with Crippen LogP contribution in [0.3, 0.4) is 0 Å². The molecular formula is C16H22FNO3. The normalized spacial score (nSPS) is 15.7. The summed E-state index contributed by atoms with van der Waals surface area (Å²) in [6.07, 6.45) is -0.00830. The Morgan fingerprint density at radius 3 is 2.33 bits per heavy atom. The summed E-state index contributed by atoms with van der Waals surface area (Å²) in [4.78, 5) is 23.2. The van der Waals surface area contributed by atoms with E-state index in [1.165, 1.54) is 6.07 Å². The second-order valence-electron chi connectivity index (χ2n) is 6.23. The minimum atomic E-state index is -1.19. The SMILES string of the molecule is C[C@@H](C=O)[C@](C)(NC(=O)OC(C)(C)C)c1ccccc1F. The van der Waals surface area contributed by atoms with E-state index in [1.807, 2.05) is 0 Å². The fourth-order valence-corrected chi connectivity index (χ4v) is 1.96. The van der Waals surface area contributed by atoms with Crippen LogP contribution < -0.4 is 5.32 Å². The van der Waals surface area contributed by atoms with Crippen molar-refractivity contribution in [2.75, 3.05) is 0 Å². The molecule has 5 heteroatoms. The second-order valence-corrected chi connectivity index (χ2v) is 6.23. The first kappa shape index (κ1) is 17.1. The van der Waals surface area contributed by atoms with Crippen LogP contribution in [0.2, 0.25) is 0 Å². The lowest BCUT2D eigenvalue weighted by molar-refractivity contribution is -0.112. The number of carbonyl (C=O) groups is 2. The molecule has 0 bridgehead atoms. The van der Waals surface area contributed by atoms with Gasteiger partial charge in [-0.15, -0.1) is 0 Å². The van der Waals surface area contributed by atoms with Crippen molar-refractivity contribution in [2.24, 2.45) is 5.92 Å². The van der Waals surface area contributed by atoms with Crippen LogP contribution in [0.4, 0.5) is 9.18 Å². The van der Waals surface area contributed by atoms with Crippen molar-refractivity contribution in [1.29, 1.82) is 0 Å². The summed E-state index contributed by atoms with van der Waals surface area (Å²) in [6, 6.07) is 6.05. The van der Waals surface area contributed by atoms with Crippen molar-refractivity contribution in [1.82, 2.24) is 5.32 Å². The fraction of sp³-hybridized carbons (Fsp3) is 0.500. The van der Waals surface area contributed by atoms with E-state index in [-0.39, 0.29) is 5.56 Å². The standard InChI is InChI=1S/C16H22FNO3/c1-11(10-19)16(5,12-8-6-7-9-13(12)17)18-14(20)21-15(2,3)4/h6-11H,1-5H3,(H,18,20)/t11-,16-/m0/s1. The lowest BCUT2D eigenvalue weighted by Gasteiger charge is -2.35. The maximum absolute atomic E-state index is 14.1. The minimum Gasteiger partial charge on any atom is -0.444 e. The van der Waals surface area contributed by atoms with Crippen molar-refractivity contribution in [3.63, 3.8) is 0 Å². The van der Waals surface area contributed by atoms with Gasteiger partial charge in [-0.2, -0.15) is 0 Å². The molecule has 0 fully saturated rings. The number of carbonyl (C=O) groups excluding carboxylic acids is 2. The van der Waals surface area contributed by atoms with E-state index in [9.17, 15) is 14.0 Å². The van der Waals surface area contributed by atoms with Gasteiger partial charge in [-0.05, 0) is 33.8 Å². The number of benzene rings is 1. The predicted molar refractivity (Wildman–Crippen MR) is 78.3 cm³/mol. The van der Waals surface area contributed by atoms with Crippen molar-refractivity contribution in [3.8, 4) is 0 Å². The van der Waals surface area contributed by atoms with Crippen LogP contribution in [0.15, 0.2) is 24.3 Å². The van der Waals surface area contributed by atoms with Gasteiger partial charge in [-0.25, -0.2) is 9.18 Å². The van der Waals surface area contributed by atoms with Gasteiger partial charge in [0, 0.05) is 11.5 Å². The molecule has 0 spiro atoms. The largest absolute Gasteiger partial charge is 0.444 e. The first-order valence-electron chi connectivity index (χ1n) is 6.81. The molecule has 21 heavy (non-hydrogen) atoms. The third kappa shape index (κ3) is 4.28. The summed E-state index contributed by atoms with van der Waals surface area (Å²) >= 11 is 0. The zero-order chi connectivity index (χ0) is 16.3. The topological polar surface area (TPSA) is 55.4 Å². The monoisotopic (exact) mass is 295 g/mol. The average molecular weight is 295 g/mol. The molecule has 0 aliphatic heterocycles. The molecule has 1 aromatic rings. The molecule has 1 aromatic carbocycles. The molecule has 4 nitrogen and oxygen atoms in total. The van der Waals surface area contributed by atoms with Gasteiger partial charge in [0.1, 0.15) is 17.7 Å². The summed E-state index contributed by atoms with van der Waals surface area (Å²) in [5.41, 5.74) is -1.62. The number of ether oxygens (including phenoxy) is 1. The van der Waals surface area contributed by atoms with Crippen LogP contribution >= 0.6 is 0 Å². The third-order valence-corrected chi connectivity index (χ3v) is 3.31. The fourth-order valence-electron chi connectivity index (χ4n) is 1.96. The van der Waals surface area contributed by atoms with Crippen molar-refractivity contribution >= 4 is 12.4 Å². The van der Waals surface area contributed by atoms with E-state index in [0.29, 0.717) is 6.29 Å².